The predicted molar refractivity (Wildman–Crippen MR) is 116 cm³/mol. The lowest BCUT2D eigenvalue weighted by molar-refractivity contribution is -0.384. The van der Waals surface area contributed by atoms with E-state index in [4.69, 9.17) is 4.42 Å². The number of non-ortho nitro benzene ring substituents is 1. The first-order chi connectivity index (χ1) is 15.0. The van der Waals surface area contributed by atoms with E-state index in [-0.39, 0.29) is 30.5 Å². The van der Waals surface area contributed by atoms with Crippen LogP contribution in [-0.4, -0.2) is 23.3 Å². The second kappa shape index (κ2) is 7.24. The molecular formula is C23H17N3O5. The number of amides is 2. The largest absolute Gasteiger partial charge is 0.456 e. The summed E-state index contributed by atoms with van der Waals surface area (Å²) >= 11 is 0. The first kappa shape index (κ1) is 18.8. The Morgan fingerprint density at radius 1 is 1.03 bits per heavy atom. The molecule has 5 rings (SSSR count). The Hall–Kier alpha value is -4.20. The zero-order valence-electron chi connectivity index (χ0n) is 16.3. The summed E-state index contributed by atoms with van der Waals surface area (Å²) in [7, 11) is 0. The Morgan fingerprint density at radius 2 is 1.84 bits per heavy atom. The fourth-order valence-corrected chi connectivity index (χ4v) is 3.96. The number of rotatable bonds is 4. The summed E-state index contributed by atoms with van der Waals surface area (Å²) in [4.78, 5) is 37.2. The number of furan rings is 1. The molecule has 31 heavy (non-hydrogen) atoms. The summed E-state index contributed by atoms with van der Waals surface area (Å²) in [5, 5.41) is 15.8. The van der Waals surface area contributed by atoms with Crippen molar-refractivity contribution in [3.8, 4) is 0 Å². The van der Waals surface area contributed by atoms with Crippen LogP contribution in [0, 0.1) is 16.0 Å². The number of hydrogen-bond acceptors (Lipinski definition) is 5. The molecule has 1 saturated heterocycles. The molecule has 1 fully saturated rings. The van der Waals surface area contributed by atoms with Crippen molar-refractivity contribution in [2.75, 3.05) is 16.8 Å². The minimum atomic E-state index is -0.557. The normalized spacial score (nSPS) is 16.2. The van der Waals surface area contributed by atoms with E-state index in [0.29, 0.717) is 17.0 Å². The summed E-state index contributed by atoms with van der Waals surface area (Å²) < 4.78 is 5.85. The van der Waals surface area contributed by atoms with E-state index >= 15 is 0 Å². The van der Waals surface area contributed by atoms with Crippen molar-refractivity contribution in [3.63, 3.8) is 0 Å². The van der Waals surface area contributed by atoms with Gasteiger partial charge in [-0.3, -0.25) is 19.7 Å². The van der Waals surface area contributed by atoms with Gasteiger partial charge in [0.25, 0.3) is 5.69 Å². The number of nitro groups is 1. The highest BCUT2D eigenvalue weighted by atomic mass is 16.6. The molecule has 0 spiro atoms. The Kier molecular flexibility index (Phi) is 4.39. The predicted octanol–water partition coefficient (Wildman–Crippen LogP) is 4.49. The minimum Gasteiger partial charge on any atom is -0.456 e. The van der Waals surface area contributed by atoms with E-state index in [1.807, 2.05) is 30.3 Å². The lowest BCUT2D eigenvalue weighted by Gasteiger charge is -2.16. The molecule has 0 unspecified atom stereocenters. The average Bonchev–Trinajstić information content (AvgIpc) is 3.34. The molecule has 1 aromatic heterocycles. The van der Waals surface area contributed by atoms with Crippen LogP contribution in [0.1, 0.15) is 6.42 Å². The highest BCUT2D eigenvalue weighted by molar-refractivity contribution is 6.07. The first-order valence-corrected chi connectivity index (χ1v) is 9.76. The average molecular weight is 415 g/mol. The lowest BCUT2D eigenvalue weighted by atomic mass is 10.1. The number of benzene rings is 3. The van der Waals surface area contributed by atoms with E-state index in [0.717, 1.165) is 16.4 Å². The monoisotopic (exact) mass is 415 g/mol. The Balaban J connectivity index is 1.34. The molecule has 2 amide bonds. The van der Waals surface area contributed by atoms with Crippen molar-refractivity contribution in [3.05, 3.63) is 76.8 Å². The maximum absolute atomic E-state index is 12.8. The molecule has 0 radical (unpaired) electrons. The van der Waals surface area contributed by atoms with Crippen molar-refractivity contribution < 1.29 is 18.9 Å². The van der Waals surface area contributed by atoms with E-state index in [1.165, 1.54) is 23.1 Å². The summed E-state index contributed by atoms with van der Waals surface area (Å²) in [5.41, 5.74) is 2.34. The molecule has 0 aliphatic carbocycles. The van der Waals surface area contributed by atoms with Gasteiger partial charge in [0.1, 0.15) is 11.2 Å². The van der Waals surface area contributed by atoms with Crippen molar-refractivity contribution in [1.82, 2.24) is 0 Å². The summed E-state index contributed by atoms with van der Waals surface area (Å²) in [6.45, 7) is 0.165. The number of carbonyl (C=O) groups excluding carboxylic acids is 2. The molecule has 1 atom stereocenters. The van der Waals surface area contributed by atoms with Crippen molar-refractivity contribution >= 4 is 50.8 Å². The third-order valence-electron chi connectivity index (χ3n) is 5.49. The minimum absolute atomic E-state index is 0.0431. The fraction of sp³-hybridized carbons (Fsp3) is 0.130. The van der Waals surface area contributed by atoms with Crippen molar-refractivity contribution in [2.45, 2.75) is 6.42 Å². The molecule has 1 N–H and O–H groups in total. The molecule has 4 aromatic rings. The molecule has 3 aromatic carbocycles. The Labute approximate surface area is 176 Å². The fourth-order valence-electron chi connectivity index (χ4n) is 3.96. The molecule has 1 aliphatic rings. The Morgan fingerprint density at radius 3 is 2.68 bits per heavy atom. The van der Waals surface area contributed by atoms with Gasteiger partial charge in [0.15, 0.2) is 0 Å². The molecule has 8 heteroatoms. The second-order valence-corrected chi connectivity index (χ2v) is 7.48. The highest BCUT2D eigenvalue weighted by Gasteiger charge is 2.35. The van der Waals surface area contributed by atoms with Gasteiger partial charge in [-0.15, -0.1) is 0 Å². The van der Waals surface area contributed by atoms with Gasteiger partial charge in [-0.1, -0.05) is 24.3 Å². The van der Waals surface area contributed by atoms with Crippen LogP contribution in [0.25, 0.3) is 21.9 Å². The van der Waals surface area contributed by atoms with Crippen molar-refractivity contribution in [1.29, 1.82) is 0 Å². The number of nitrogens with one attached hydrogen (secondary N) is 1. The van der Waals surface area contributed by atoms with Gasteiger partial charge in [-0.25, -0.2) is 0 Å². The highest BCUT2D eigenvalue weighted by Crippen LogP contribution is 2.32. The number of para-hydroxylation sites is 1. The zero-order valence-corrected chi connectivity index (χ0v) is 16.3. The van der Waals surface area contributed by atoms with Crippen LogP contribution < -0.4 is 10.2 Å². The van der Waals surface area contributed by atoms with Crippen LogP contribution in [0.5, 0.6) is 0 Å². The SMILES string of the molecule is O=C(Nc1ccc2c(c1)oc1ccccc12)[C@H]1CC(=O)N(c2cccc([N+](=O)[O-])c2)C1. The van der Waals surface area contributed by atoms with Gasteiger partial charge in [0, 0.05) is 47.6 Å². The quantitative estimate of drug-likeness (QED) is 0.391. The van der Waals surface area contributed by atoms with Crippen LogP contribution in [0.4, 0.5) is 17.1 Å². The van der Waals surface area contributed by atoms with Crippen LogP contribution in [0.15, 0.2) is 71.1 Å². The third-order valence-corrected chi connectivity index (χ3v) is 5.49. The maximum Gasteiger partial charge on any atom is 0.271 e. The van der Waals surface area contributed by atoms with Gasteiger partial charge in [-0.2, -0.15) is 0 Å². The first-order valence-electron chi connectivity index (χ1n) is 9.76. The molecule has 8 nitrogen and oxygen atoms in total. The maximum atomic E-state index is 12.8. The lowest BCUT2D eigenvalue weighted by Crippen LogP contribution is -2.28. The smallest absolute Gasteiger partial charge is 0.271 e. The van der Waals surface area contributed by atoms with E-state index < -0.39 is 10.8 Å². The van der Waals surface area contributed by atoms with Gasteiger partial charge < -0.3 is 14.6 Å². The van der Waals surface area contributed by atoms with E-state index in [1.54, 1.807) is 18.2 Å². The van der Waals surface area contributed by atoms with Crippen molar-refractivity contribution in [2.24, 2.45) is 5.92 Å². The van der Waals surface area contributed by atoms with E-state index in [2.05, 4.69) is 5.32 Å². The number of nitro benzene ring substituents is 1. The number of hydrogen-bond donors (Lipinski definition) is 1. The molecule has 1 aliphatic heterocycles. The van der Waals surface area contributed by atoms with Crippen LogP contribution in [0.3, 0.4) is 0 Å². The molecular weight excluding hydrogens is 398 g/mol. The van der Waals surface area contributed by atoms with Gasteiger partial charge >= 0.3 is 0 Å². The Bertz CT molecular complexity index is 1360. The van der Waals surface area contributed by atoms with Gasteiger partial charge in [0.2, 0.25) is 11.8 Å². The molecule has 0 saturated carbocycles. The number of nitrogens with zero attached hydrogens (tertiary/aromatic N) is 2. The van der Waals surface area contributed by atoms with Crippen LogP contribution in [-0.2, 0) is 9.59 Å². The summed E-state index contributed by atoms with van der Waals surface area (Å²) in [6.07, 6.45) is 0.0431. The number of carbonyl (C=O) groups is 2. The standard InChI is InChI=1S/C23H17N3O5/c27-22-10-14(13-25(22)16-4-3-5-17(12-16)26(29)30)23(28)24-15-8-9-19-18-6-1-2-7-20(18)31-21(19)11-15/h1-9,11-12,14H,10,13H2,(H,24,28)/t14-/m0/s1. The molecule has 0 bridgehead atoms. The summed E-state index contributed by atoms with van der Waals surface area (Å²) in [5.74, 6) is -1.08. The molecule has 2 heterocycles. The third kappa shape index (κ3) is 3.38. The van der Waals surface area contributed by atoms with Crippen LogP contribution >= 0.6 is 0 Å². The van der Waals surface area contributed by atoms with Gasteiger partial charge in [-0.05, 0) is 24.3 Å². The summed E-state index contributed by atoms with van der Waals surface area (Å²) in [6, 6.07) is 19.0. The topological polar surface area (TPSA) is 106 Å². The van der Waals surface area contributed by atoms with E-state index in [9.17, 15) is 19.7 Å². The number of anilines is 2. The second-order valence-electron chi connectivity index (χ2n) is 7.48. The zero-order chi connectivity index (χ0) is 21.5. The number of fused-ring (bicyclic) bond motifs is 3. The van der Waals surface area contributed by atoms with Crippen LogP contribution in [0.2, 0.25) is 0 Å². The molecule has 154 valence electrons. The van der Waals surface area contributed by atoms with Gasteiger partial charge in [0.05, 0.1) is 16.5 Å².